The normalized spacial score (nSPS) is 20.9. The maximum Gasteiger partial charge on any atom is 0.257 e. The first-order valence-corrected chi connectivity index (χ1v) is 8.11. The molecule has 8 heteroatoms. The maximum absolute atomic E-state index is 12.9. The van der Waals surface area contributed by atoms with E-state index in [4.69, 9.17) is 9.47 Å². The summed E-state index contributed by atoms with van der Waals surface area (Å²) in [5.41, 5.74) is 0.611. The highest BCUT2D eigenvalue weighted by Crippen LogP contribution is 2.24. The van der Waals surface area contributed by atoms with Crippen LogP contribution in [0.3, 0.4) is 0 Å². The molecule has 0 aromatic carbocycles. The van der Waals surface area contributed by atoms with Crippen molar-refractivity contribution in [3.8, 4) is 0 Å². The van der Waals surface area contributed by atoms with E-state index in [1.807, 2.05) is 13.8 Å². The van der Waals surface area contributed by atoms with Crippen molar-refractivity contribution in [2.45, 2.75) is 32.4 Å². The van der Waals surface area contributed by atoms with Crippen molar-refractivity contribution in [1.29, 1.82) is 0 Å². The Kier molecular flexibility index (Phi) is 5.95. The van der Waals surface area contributed by atoms with Crippen LogP contribution in [0, 0.1) is 6.92 Å². The van der Waals surface area contributed by atoms with Gasteiger partial charge in [-0.25, -0.2) is 0 Å². The average Bonchev–Trinajstić information content (AvgIpc) is 2.95. The van der Waals surface area contributed by atoms with E-state index >= 15 is 0 Å². The van der Waals surface area contributed by atoms with Crippen molar-refractivity contribution in [2.75, 3.05) is 40.5 Å². The van der Waals surface area contributed by atoms with Gasteiger partial charge in [-0.2, -0.15) is 5.10 Å². The number of nitrogens with one attached hydrogen (secondary N) is 1. The Hall–Kier alpha value is -1.93. The Labute approximate surface area is 142 Å². The predicted octanol–water partition coefficient (Wildman–Crippen LogP) is 0.205. The first-order chi connectivity index (χ1) is 11.5. The predicted molar refractivity (Wildman–Crippen MR) is 87.8 cm³/mol. The number of carbonyl (C=O) groups is 2. The summed E-state index contributed by atoms with van der Waals surface area (Å²) >= 11 is 0. The molecule has 1 unspecified atom stereocenters. The lowest BCUT2D eigenvalue weighted by Crippen LogP contribution is -2.57. The molecule has 1 fully saturated rings. The van der Waals surface area contributed by atoms with Crippen molar-refractivity contribution in [1.82, 2.24) is 20.0 Å². The van der Waals surface area contributed by atoms with Crippen molar-refractivity contribution in [3.05, 3.63) is 17.5 Å². The van der Waals surface area contributed by atoms with Crippen LogP contribution in [-0.2, 0) is 20.8 Å². The summed E-state index contributed by atoms with van der Waals surface area (Å²) in [5.74, 6) is -0.232. The van der Waals surface area contributed by atoms with Gasteiger partial charge in [-0.05, 0) is 13.8 Å². The Morgan fingerprint density at radius 2 is 2.25 bits per heavy atom. The van der Waals surface area contributed by atoms with Crippen molar-refractivity contribution >= 4 is 11.8 Å². The fourth-order valence-electron chi connectivity index (χ4n) is 3.05. The minimum absolute atomic E-state index is 0.0899. The van der Waals surface area contributed by atoms with Crippen LogP contribution in [0.25, 0.3) is 0 Å². The van der Waals surface area contributed by atoms with Crippen molar-refractivity contribution in [2.24, 2.45) is 0 Å². The molecule has 1 aliphatic rings. The standard InChI is InChI=1S/C16H26N4O4/c1-5-20-12(2)13(9-18-20)15(22)19-6-7-24-16(10-19,11-23-4)8-14(21)17-3/h9H,5-8,10-11H2,1-4H3,(H,17,21). The lowest BCUT2D eigenvalue weighted by atomic mass is 9.97. The Bertz CT molecular complexity index is 597. The molecule has 0 spiro atoms. The fraction of sp³-hybridized carbons (Fsp3) is 0.688. The molecule has 0 aliphatic carbocycles. The lowest BCUT2D eigenvalue weighted by molar-refractivity contribution is -0.150. The van der Waals surface area contributed by atoms with Crippen LogP contribution in [0.1, 0.15) is 29.4 Å². The zero-order valence-corrected chi connectivity index (χ0v) is 14.8. The third-order valence-corrected chi connectivity index (χ3v) is 4.34. The van der Waals surface area contributed by atoms with E-state index in [1.54, 1.807) is 29.9 Å². The monoisotopic (exact) mass is 338 g/mol. The van der Waals surface area contributed by atoms with E-state index in [0.717, 1.165) is 5.69 Å². The number of hydrogen-bond donors (Lipinski definition) is 1. The molecule has 1 N–H and O–H groups in total. The molecule has 134 valence electrons. The van der Waals surface area contributed by atoms with Crippen LogP contribution in [0.2, 0.25) is 0 Å². The van der Waals surface area contributed by atoms with Crippen LogP contribution in [0.4, 0.5) is 0 Å². The Balaban J connectivity index is 2.19. The summed E-state index contributed by atoms with van der Waals surface area (Å²) in [6.45, 7) is 5.99. The molecule has 0 bridgehead atoms. The molecule has 1 aromatic heterocycles. The first kappa shape index (κ1) is 18.4. The fourth-order valence-corrected chi connectivity index (χ4v) is 3.05. The molecule has 2 heterocycles. The maximum atomic E-state index is 12.9. The molecule has 2 amide bonds. The number of methoxy groups -OCH3 is 1. The molecule has 1 aromatic rings. The summed E-state index contributed by atoms with van der Waals surface area (Å²) in [7, 11) is 3.14. The number of amides is 2. The van der Waals surface area contributed by atoms with Crippen LogP contribution >= 0.6 is 0 Å². The average molecular weight is 338 g/mol. The Morgan fingerprint density at radius 1 is 1.50 bits per heavy atom. The van der Waals surface area contributed by atoms with Gasteiger partial charge in [0.25, 0.3) is 5.91 Å². The van der Waals surface area contributed by atoms with Crippen molar-refractivity contribution < 1.29 is 19.1 Å². The van der Waals surface area contributed by atoms with Gasteiger partial charge in [0.1, 0.15) is 5.60 Å². The van der Waals surface area contributed by atoms with Gasteiger partial charge in [-0.15, -0.1) is 0 Å². The summed E-state index contributed by atoms with van der Waals surface area (Å²) in [5, 5.41) is 6.83. The minimum Gasteiger partial charge on any atom is -0.382 e. The van der Waals surface area contributed by atoms with Crippen LogP contribution in [-0.4, -0.2) is 72.6 Å². The number of ether oxygens (including phenoxy) is 2. The van der Waals surface area contributed by atoms with E-state index in [1.165, 1.54) is 0 Å². The van der Waals surface area contributed by atoms with Gasteiger partial charge in [0, 0.05) is 32.9 Å². The summed E-state index contributed by atoms with van der Waals surface area (Å²) in [6.07, 6.45) is 1.75. The first-order valence-electron chi connectivity index (χ1n) is 8.11. The largest absolute Gasteiger partial charge is 0.382 e. The highest BCUT2D eigenvalue weighted by Gasteiger charge is 2.41. The topological polar surface area (TPSA) is 85.7 Å². The lowest BCUT2D eigenvalue weighted by Gasteiger charge is -2.42. The number of rotatable bonds is 6. The second kappa shape index (κ2) is 7.76. The number of aryl methyl sites for hydroxylation is 1. The van der Waals surface area contributed by atoms with E-state index in [9.17, 15) is 9.59 Å². The van der Waals surface area contributed by atoms with Gasteiger partial charge < -0.3 is 19.7 Å². The number of carbonyl (C=O) groups excluding carboxylic acids is 2. The van der Waals surface area contributed by atoms with Gasteiger partial charge in [0.15, 0.2) is 0 Å². The molecule has 0 radical (unpaired) electrons. The summed E-state index contributed by atoms with van der Waals surface area (Å²) < 4.78 is 12.9. The Morgan fingerprint density at radius 3 is 2.83 bits per heavy atom. The second-order valence-electron chi connectivity index (χ2n) is 6.00. The highest BCUT2D eigenvalue weighted by molar-refractivity contribution is 5.95. The molecule has 2 rings (SSSR count). The van der Waals surface area contributed by atoms with Crippen LogP contribution in [0.15, 0.2) is 6.20 Å². The summed E-state index contributed by atoms with van der Waals surface area (Å²) in [6, 6.07) is 0. The van der Waals surface area contributed by atoms with Gasteiger partial charge in [-0.3, -0.25) is 14.3 Å². The van der Waals surface area contributed by atoms with Gasteiger partial charge >= 0.3 is 0 Å². The third-order valence-electron chi connectivity index (χ3n) is 4.34. The molecule has 24 heavy (non-hydrogen) atoms. The summed E-state index contributed by atoms with van der Waals surface area (Å²) in [4.78, 5) is 26.4. The second-order valence-corrected chi connectivity index (χ2v) is 6.00. The molecule has 1 aliphatic heterocycles. The van der Waals surface area contributed by atoms with Crippen LogP contribution in [0.5, 0.6) is 0 Å². The van der Waals surface area contributed by atoms with Gasteiger partial charge in [0.2, 0.25) is 5.91 Å². The minimum atomic E-state index is -0.822. The van der Waals surface area contributed by atoms with Gasteiger partial charge in [0.05, 0.1) is 37.9 Å². The van der Waals surface area contributed by atoms with E-state index < -0.39 is 5.60 Å². The zero-order chi connectivity index (χ0) is 17.7. The highest BCUT2D eigenvalue weighted by atomic mass is 16.5. The third kappa shape index (κ3) is 3.76. The number of nitrogens with zero attached hydrogens (tertiary/aromatic N) is 3. The van der Waals surface area contributed by atoms with E-state index in [-0.39, 0.29) is 24.8 Å². The molecule has 1 atom stereocenters. The van der Waals surface area contributed by atoms with Gasteiger partial charge in [-0.1, -0.05) is 0 Å². The SMILES string of the molecule is CCn1ncc(C(=O)N2CCOC(COC)(CC(=O)NC)C2)c1C. The molecular weight excluding hydrogens is 312 g/mol. The van der Waals surface area contributed by atoms with Crippen LogP contribution < -0.4 is 5.32 Å². The van der Waals surface area contributed by atoms with Crippen molar-refractivity contribution in [3.63, 3.8) is 0 Å². The smallest absolute Gasteiger partial charge is 0.257 e. The number of hydrogen-bond acceptors (Lipinski definition) is 5. The molecule has 8 nitrogen and oxygen atoms in total. The molecular formula is C16H26N4O4. The zero-order valence-electron chi connectivity index (χ0n) is 14.8. The number of aromatic nitrogens is 2. The van der Waals surface area contributed by atoms with E-state index in [2.05, 4.69) is 10.4 Å². The van der Waals surface area contributed by atoms with E-state index in [0.29, 0.717) is 31.8 Å². The number of morpholine rings is 1. The quantitative estimate of drug-likeness (QED) is 0.801. The molecule has 1 saturated heterocycles. The molecule has 0 saturated carbocycles.